The van der Waals surface area contributed by atoms with Crippen molar-refractivity contribution in [2.75, 3.05) is 19.5 Å². The third-order valence-electron chi connectivity index (χ3n) is 4.41. The molecule has 7 nitrogen and oxygen atoms in total. The van der Waals surface area contributed by atoms with Crippen LogP contribution in [0.1, 0.15) is 10.5 Å². The molecule has 0 atom stereocenters. The maximum absolute atomic E-state index is 12.6. The summed E-state index contributed by atoms with van der Waals surface area (Å²) < 4.78 is 10.7. The van der Waals surface area contributed by atoms with Crippen LogP contribution in [0.3, 0.4) is 0 Å². The Balaban J connectivity index is 1.62. The minimum absolute atomic E-state index is 0.171. The smallest absolute Gasteiger partial charge is 0.273 e. The molecule has 29 heavy (non-hydrogen) atoms. The highest BCUT2D eigenvalue weighted by molar-refractivity contribution is 7.14. The van der Waals surface area contributed by atoms with E-state index in [2.05, 4.69) is 15.3 Å². The Hall–Kier alpha value is -3.65. The van der Waals surface area contributed by atoms with E-state index in [0.717, 1.165) is 5.56 Å². The van der Waals surface area contributed by atoms with Crippen molar-refractivity contribution in [3.63, 3.8) is 0 Å². The maximum Gasteiger partial charge on any atom is 0.273 e. The van der Waals surface area contributed by atoms with E-state index in [4.69, 9.17) is 9.47 Å². The Labute approximate surface area is 170 Å². The van der Waals surface area contributed by atoms with Gasteiger partial charge in [0.1, 0.15) is 17.2 Å². The molecule has 0 fully saturated rings. The van der Waals surface area contributed by atoms with E-state index in [1.165, 1.54) is 11.3 Å². The number of carbonyl (C=O) groups is 1. The van der Waals surface area contributed by atoms with E-state index >= 15 is 0 Å². The van der Waals surface area contributed by atoms with Gasteiger partial charge in [0, 0.05) is 16.3 Å². The van der Waals surface area contributed by atoms with Crippen molar-refractivity contribution < 1.29 is 14.3 Å². The zero-order valence-corrected chi connectivity index (χ0v) is 16.5. The van der Waals surface area contributed by atoms with Gasteiger partial charge in [0.15, 0.2) is 5.13 Å². The summed E-state index contributed by atoms with van der Waals surface area (Å²) in [5.74, 6) is 0.882. The molecule has 2 N–H and O–H groups in total. The van der Waals surface area contributed by atoms with Gasteiger partial charge >= 0.3 is 0 Å². The van der Waals surface area contributed by atoms with Crippen LogP contribution in [-0.4, -0.2) is 30.1 Å². The number of amides is 1. The van der Waals surface area contributed by atoms with E-state index in [9.17, 15) is 9.59 Å². The first-order valence-electron chi connectivity index (χ1n) is 8.70. The Kier molecular flexibility index (Phi) is 5.01. The first-order valence-corrected chi connectivity index (χ1v) is 9.58. The number of ether oxygens (including phenoxy) is 2. The van der Waals surface area contributed by atoms with E-state index in [-0.39, 0.29) is 11.3 Å². The molecule has 2 aromatic carbocycles. The van der Waals surface area contributed by atoms with Gasteiger partial charge in [-0.25, -0.2) is 4.98 Å². The first-order chi connectivity index (χ1) is 14.1. The van der Waals surface area contributed by atoms with Crippen molar-refractivity contribution >= 4 is 33.1 Å². The Morgan fingerprint density at radius 3 is 2.72 bits per heavy atom. The fourth-order valence-corrected chi connectivity index (χ4v) is 3.67. The summed E-state index contributed by atoms with van der Waals surface area (Å²) in [7, 11) is 3.17. The van der Waals surface area contributed by atoms with Crippen LogP contribution >= 0.6 is 11.3 Å². The number of methoxy groups -OCH3 is 2. The summed E-state index contributed by atoms with van der Waals surface area (Å²) in [4.78, 5) is 31.9. The second-order valence-electron chi connectivity index (χ2n) is 6.16. The summed E-state index contributed by atoms with van der Waals surface area (Å²) >= 11 is 1.28. The molecule has 2 heterocycles. The molecule has 0 unspecified atom stereocenters. The second kappa shape index (κ2) is 7.76. The lowest BCUT2D eigenvalue weighted by atomic mass is 10.1. The van der Waals surface area contributed by atoms with Crippen molar-refractivity contribution in [2.24, 2.45) is 0 Å². The molecule has 0 aliphatic carbocycles. The molecule has 0 aliphatic heterocycles. The van der Waals surface area contributed by atoms with E-state index in [1.807, 2.05) is 17.5 Å². The summed E-state index contributed by atoms with van der Waals surface area (Å²) in [6, 6.07) is 14.2. The molecule has 1 amide bonds. The second-order valence-corrected chi connectivity index (χ2v) is 7.02. The minimum Gasteiger partial charge on any atom is -0.497 e. The molecular formula is C21H17N3O4S. The number of thiazole rings is 1. The maximum atomic E-state index is 12.6. The highest BCUT2D eigenvalue weighted by Crippen LogP contribution is 2.35. The molecule has 0 saturated carbocycles. The summed E-state index contributed by atoms with van der Waals surface area (Å²) in [6.45, 7) is 0. The third-order valence-corrected chi connectivity index (χ3v) is 5.16. The van der Waals surface area contributed by atoms with Gasteiger partial charge in [-0.05, 0) is 35.7 Å². The van der Waals surface area contributed by atoms with Gasteiger partial charge in [0.2, 0.25) is 0 Å². The fraction of sp³-hybridized carbons (Fsp3) is 0.0952. The predicted octanol–water partition coefficient (Wildman–Crippen LogP) is 3.92. The van der Waals surface area contributed by atoms with Gasteiger partial charge < -0.3 is 14.5 Å². The van der Waals surface area contributed by atoms with Crippen LogP contribution in [0.4, 0.5) is 5.13 Å². The quantitative estimate of drug-likeness (QED) is 0.523. The number of carbonyl (C=O) groups excluding carboxylic acids is 1. The molecule has 0 spiro atoms. The Morgan fingerprint density at radius 1 is 1.10 bits per heavy atom. The van der Waals surface area contributed by atoms with Gasteiger partial charge in [-0.2, -0.15) is 0 Å². The molecular weight excluding hydrogens is 390 g/mol. The fourth-order valence-electron chi connectivity index (χ4n) is 2.97. The number of H-pyrrole nitrogens is 1. The third kappa shape index (κ3) is 3.70. The van der Waals surface area contributed by atoms with Crippen LogP contribution < -0.4 is 20.3 Å². The van der Waals surface area contributed by atoms with Crippen LogP contribution in [0.2, 0.25) is 0 Å². The number of anilines is 1. The zero-order valence-electron chi connectivity index (χ0n) is 15.7. The standard InChI is InChI=1S/C21H17N3O4S/c1-27-13-7-8-18(28-2)15(10-13)17-11-29-21(23-17)24-20(26)16-9-12-5-3-4-6-14(12)19(25)22-16/h3-11H,1-2H3,(H,22,25)(H,23,24,26). The SMILES string of the molecule is COc1ccc(OC)c(-c2csc(NC(=O)c3cc4ccccc4c(=O)[nH]3)n2)c1. The minimum atomic E-state index is -0.439. The van der Waals surface area contributed by atoms with Crippen molar-refractivity contribution in [2.45, 2.75) is 0 Å². The van der Waals surface area contributed by atoms with E-state index in [0.29, 0.717) is 33.1 Å². The molecule has 146 valence electrons. The highest BCUT2D eigenvalue weighted by atomic mass is 32.1. The van der Waals surface area contributed by atoms with Crippen molar-refractivity contribution in [3.8, 4) is 22.8 Å². The monoisotopic (exact) mass is 407 g/mol. The lowest BCUT2D eigenvalue weighted by molar-refractivity contribution is 0.102. The van der Waals surface area contributed by atoms with Crippen LogP contribution in [0.25, 0.3) is 22.0 Å². The number of hydrogen-bond donors (Lipinski definition) is 2. The van der Waals surface area contributed by atoms with E-state index in [1.54, 1.807) is 50.6 Å². The predicted molar refractivity (Wildman–Crippen MR) is 113 cm³/mol. The molecule has 0 radical (unpaired) electrons. The number of hydrogen-bond acceptors (Lipinski definition) is 6. The topological polar surface area (TPSA) is 93.3 Å². The molecule has 4 rings (SSSR count). The van der Waals surface area contributed by atoms with Gasteiger partial charge in [-0.15, -0.1) is 11.3 Å². The number of benzene rings is 2. The largest absolute Gasteiger partial charge is 0.497 e. The molecule has 4 aromatic rings. The van der Waals surface area contributed by atoms with Gasteiger partial charge in [0.05, 0.1) is 19.9 Å². The normalized spacial score (nSPS) is 10.7. The molecule has 2 aromatic heterocycles. The first kappa shape index (κ1) is 18.7. The lowest BCUT2D eigenvalue weighted by Crippen LogP contribution is -2.18. The Morgan fingerprint density at radius 2 is 1.93 bits per heavy atom. The number of rotatable bonds is 5. The van der Waals surface area contributed by atoms with Crippen LogP contribution in [0.5, 0.6) is 11.5 Å². The number of fused-ring (bicyclic) bond motifs is 1. The van der Waals surface area contributed by atoms with E-state index < -0.39 is 5.91 Å². The molecule has 0 saturated heterocycles. The van der Waals surface area contributed by atoms with Gasteiger partial charge in [-0.3, -0.25) is 14.9 Å². The highest BCUT2D eigenvalue weighted by Gasteiger charge is 2.15. The van der Waals surface area contributed by atoms with Crippen molar-refractivity contribution in [1.29, 1.82) is 0 Å². The number of nitrogens with one attached hydrogen (secondary N) is 2. The molecule has 8 heteroatoms. The summed E-state index contributed by atoms with van der Waals surface area (Å²) in [6.07, 6.45) is 0. The average molecular weight is 407 g/mol. The van der Waals surface area contributed by atoms with Gasteiger partial charge in [-0.1, -0.05) is 18.2 Å². The van der Waals surface area contributed by atoms with Crippen molar-refractivity contribution in [1.82, 2.24) is 9.97 Å². The zero-order chi connectivity index (χ0) is 20.4. The van der Waals surface area contributed by atoms with Crippen LogP contribution in [-0.2, 0) is 0 Å². The van der Waals surface area contributed by atoms with Crippen LogP contribution in [0, 0.1) is 0 Å². The molecule has 0 bridgehead atoms. The number of aromatic amines is 1. The number of pyridine rings is 1. The van der Waals surface area contributed by atoms with Gasteiger partial charge in [0.25, 0.3) is 11.5 Å². The number of nitrogens with zero attached hydrogens (tertiary/aromatic N) is 1. The van der Waals surface area contributed by atoms with Crippen LogP contribution in [0.15, 0.2) is 58.7 Å². The van der Waals surface area contributed by atoms with Crippen molar-refractivity contribution in [3.05, 3.63) is 70.0 Å². The summed E-state index contributed by atoms with van der Waals surface area (Å²) in [5, 5.41) is 6.18. The summed E-state index contributed by atoms with van der Waals surface area (Å²) in [5.41, 5.74) is 1.26. The Bertz CT molecular complexity index is 1260. The average Bonchev–Trinajstić information content (AvgIpc) is 3.21. The molecule has 0 aliphatic rings. The number of aromatic nitrogens is 2. The lowest BCUT2D eigenvalue weighted by Gasteiger charge is -2.08.